The molecule has 2 aliphatic rings. The predicted molar refractivity (Wildman–Crippen MR) is 101 cm³/mol. The third-order valence-corrected chi connectivity index (χ3v) is 5.39. The smallest absolute Gasteiger partial charge is 0.231 e. The van der Waals surface area contributed by atoms with E-state index in [1.165, 1.54) is 22.3 Å². The van der Waals surface area contributed by atoms with Crippen molar-refractivity contribution in [2.75, 3.05) is 25.0 Å². The molecule has 130 valence electrons. The molecule has 25 heavy (non-hydrogen) atoms. The fourth-order valence-corrected chi connectivity index (χ4v) is 3.94. The summed E-state index contributed by atoms with van der Waals surface area (Å²) < 4.78 is 0. The van der Waals surface area contributed by atoms with Gasteiger partial charge >= 0.3 is 0 Å². The van der Waals surface area contributed by atoms with Crippen molar-refractivity contribution in [1.29, 1.82) is 0 Å². The van der Waals surface area contributed by atoms with E-state index in [1.807, 2.05) is 18.0 Å². The molecule has 1 amide bonds. The molecular weight excluding hydrogens is 310 g/mol. The lowest BCUT2D eigenvalue weighted by Crippen LogP contribution is -2.41. The standard InChI is InChI=1S/C21H25N3O/c1-24(21(25)16-8-5-9-22-12-16)18-10-17-13-23-14-20(17)19(11-18)15-6-3-2-4-7-15/h2-4,6-7,10-11,16,22-23H,5,8-9,12-14H2,1H3. The maximum absolute atomic E-state index is 12.9. The van der Waals surface area contributed by atoms with Crippen molar-refractivity contribution in [1.82, 2.24) is 10.6 Å². The van der Waals surface area contributed by atoms with Gasteiger partial charge in [0, 0.05) is 32.4 Å². The Morgan fingerprint density at radius 2 is 1.96 bits per heavy atom. The quantitative estimate of drug-likeness (QED) is 0.906. The molecule has 0 radical (unpaired) electrons. The van der Waals surface area contributed by atoms with Gasteiger partial charge in [-0.1, -0.05) is 30.3 Å². The van der Waals surface area contributed by atoms with E-state index in [9.17, 15) is 4.79 Å². The highest BCUT2D eigenvalue weighted by atomic mass is 16.2. The van der Waals surface area contributed by atoms with Gasteiger partial charge in [-0.3, -0.25) is 4.79 Å². The lowest BCUT2D eigenvalue weighted by molar-refractivity contribution is -0.122. The molecule has 1 saturated heterocycles. The van der Waals surface area contributed by atoms with Crippen molar-refractivity contribution in [3.05, 3.63) is 53.6 Å². The Kier molecular flexibility index (Phi) is 4.55. The Morgan fingerprint density at radius 1 is 1.12 bits per heavy atom. The molecule has 2 aromatic rings. The molecule has 2 N–H and O–H groups in total. The highest BCUT2D eigenvalue weighted by molar-refractivity contribution is 5.95. The normalized spacial score (nSPS) is 19.5. The van der Waals surface area contributed by atoms with Crippen molar-refractivity contribution in [3.8, 4) is 11.1 Å². The van der Waals surface area contributed by atoms with Gasteiger partial charge in [0.1, 0.15) is 0 Å². The summed E-state index contributed by atoms with van der Waals surface area (Å²) in [6.07, 6.45) is 2.06. The Bertz CT molecular complexity index is 766. The van der Waals surface area contributed by atoms with Crippen LogP contribution in [0.5, 0.6) is 0 Å². The van der Waals surface area contributed by atoms with Gasteiger partial charge in [0.05, 0.1) is 5.92 Å². The molecular formula is C21H25N3O. The van der Waals surface area contributed by atoms with Crippen LogP contribution in [0.3, 0.4) is 0 Å². The number of fused-ring (bicyclic) bond motifs is 1. The van der Waals surface area contributed by atoms with Crippen LogP contribution in [0.4, 0.5) is 5.69 Å². The van der Waals surface area contributed by atoms with Gasteiger partial charge in [-0.2, -0.15) is 0 Å². The van der Waals surface area contributed by atoms with Gasteiger partial charge in [-0.15, -0.1) is 0 Å². The van der Waals surface area contributed by atoms with Gasteiger partial charge in [-0.05, 0) is 53.8 Å². The van der Waals surface area contributed by atoms with Crippen molar-refractivity contribution >= 4 is 11.6 Å². The van der Waals surface area contributed by atoms with Crippen LogP contribution in [0.25, 0.3) is 11.1 Å². The summed E-state index contributed by atoms with van der Waals surface area (Å²) in [7, 11) is 1.91. The summed E-state index contributed by atoms with van der Waals surface area (Å²) in [5.41, 5.74) is 6.11. The lowest BCUT2D eigenvalue weighted by atomic mass is 9.94. The van der Waals surface area contributed by atoms with E-state index >= 15 is 0 Å². The fraction of sp³-hybridized carbons (Fsp3) is 0.381. The first-order chi connectivity index (χ1) is 12.2. The molecule has 4 rings (SSSR count). The molecule has 0 aliphatic carbocycles. The second-order valence-electron chi connectivity index (χ2n) is 7.04. The maximum atomic E-state index is 12.9. The Labute approximate surface area is 149 Å². The average Bonchev–Trinajstić information content (AvgIpc) is 3.16. The van der Waals surface area contributed by atoms with Crippen LogP contribution in [0.1, 0.15) is 24.0 Å². The number of nitrogens with one attached hydrogen (secondary N) is 2. The van der Waals surface area contributed by atoms with E-state index in [0.29, 0.717) is 0 Å². The summed E-state index contributed by atoms with van der Waals surface area (Å²) in [4.78, 5) is 14.8. The van der Waals surface area contributed by atoms with E-state index in [0.717, 1.165) is 44.7 Å². The lowest BCUT2D eigenvalue weighted by Gasteiger charge is -2.28. The third kappa shape index (κ3) is 3.20. The minimum Gasteiger partial charge on any atom is -0.316 e. The Hall–Kier alpha value is -2.17. The van der Waals surface area contributed by atoms with Crippen molar-refractivity contribution in [2.45, 2.75) is 25.9 Å². The number of anilines is 1. The first-order valence-corrected chi connectivity index (χ1v) is 9.14. The molecule has 2 aliphatic heterocycles. The number of hydrogen-bond donors (Lipinski definition) is 2. The molecule has 1 atom stereocenters. The van der Waals surface area contributed by atoms with Gasteiger partial charge in [0.15, 0.2) is 0 Å². The van der Waals surface area contributed by atoms with Gasteiger partial charge in [0.2, 0.25) is 5.91 Å². The van der Waals surface area contributed by atoms with E-state index in [4.69, 9.17) is 0 Å². The highest BCUT2D eigenvalue weighted by Crippen LogP contribution is 2.34. The largest absolute Gasteiger partial charge is 0.316 e. The number of carbonyl (C=O) groups is 1. The zero-order valence-corrected chi connectivity index (χ0v) is 14.7. The number of benzene rings is 2. The molecule has 1 fully saturated rings. The predicted octanol–water partition coefficient (Wildman–Crippen LogP) is 2.92. The van der Waals surface area contributed by atoms with Crippen LogP contribution >= 0.6 is 0 Å². The van der Waals surface area contributed by atoms with Crippen LogP contribution < -0.4 is 15.5 Å². The van der Waals surface area contributed by atoms with Crippen LogP contribution in [-0.4, -0.2) is 26.0 Å². The monoisotopic (exact) mass is 335 g/mol. The average molecular weight is 335 g/mol. The summed E-state index contributed by atoms with van der Waals surface area (Å²) in [6.45, 7) is 3.58. The zero-order valence-electron chi connectivity index (χ0n) is 14.7. The molecule has 0 aromatic heterocycles. The SMILES string of the molecule is CN(C(=O)C1CCCNC1)c1cc2c(c(-c3ccccc3)c1)CNC2. The van der Waals surface area contributed by atoms with E-state index in [1.54, 1.807) is 0 Å². The first-order valence-electron chi connectivity index (χ1n) is 9.14. The number of nitrogens with zero attached hydrogens (tertiary/aromatic N) is 1. The maximum Gasteiger partial charge on any atom is 0.231 e. The van der Waals surface area contributed by atoms with Gasteiger partial charge in [0.25, 0.3) is 0 Å². The Balaban J connectivity index is 1.69. The second kappa shape index (κ2) is 6.98. The number of rotatable bonds is 3. The minimum atomic E-state index is 0.0882. The fourth-order valence-electron chi connectivity index (χ4n) is 3.94. The van der Waals surface area contributed by atoms with Crippen molar-refractivity contribution in [3.63, 3.8) is 0 Å². The van der Waals surface area contributed by atoms with Gasteiger partial charge in [-0.25, -0.2) is 0 Å². The minimum absolute atomic E-state index is 0.0882. The topological polar surface area (TPSA) is 44.4 Å². The second-order valence-corrected chi connectivity index (χ2v) is 7.04. The Morgan fingerprint density at radius 3 is 2.72 bits per heavy atom. The van der Waals surface area contributed by atoms with E-state index < -0.39 is 0 Å². The third-order valence-electron chi connectivity index (χ3n) is 5.39. The van der Waals surface area contributed by atoms with Crippen LogP contribution in [0, 0.1) is 5.92 Å². The first kappa shape index (κ1) is 16.3. The molecule has 1 unspecified atom stereocenters. The van der Waals surface area contributed by atoms with Crippen LogP contribution in [0.2, 0.25) is 0 Å². The van der Waals surface area contributed by atoms with Crippen molar-refractivity contribution in [2.24, 2.45) is 5.92 Å². The highest BCUT2D eigenvalue weighted by Gasteiger charge is 2.26. The summed E-state index contributed by atoms with van der Waals surface area (Å²) >= 11 is 0. The van der Waals surface area contributed by atoms with Gasteiger partial charge < -0.3 is 15.5 Å². The summed E-state index contributed by atoms with van der Waals surface area (Å²) in [5, 5.41) is 6.79. The number of hydrogen-bond acceptors (Lipinski definition) is 3. The zero-order chi connectivity index (χ0) is 17.2. The molecule has 2 aromatic carbocycles. The molecule has 4 nitrogen and oxygen atoms in total. The number of amides is 1. The molecule has 4 heteroatoms. The van der Waals surface area contributed by atoms with E-state index in [-0.39, 0.29) is 11.8 Å². The molecule has 0 saturated carbocycles. The van der Waals surface area contributed by atoms with Crippen LogP contribution in [-0.2, 0) is 17.9 Å². The molecule has 0 bridgehead atoms. The molecule has 0 spiro atoms. The van der Waals surface area contributed by atoms with Crippen molar-refractivity contribution < 1.29 is 4.79 Å². The van der Waals surface area contributed by atoms with E-state index in [2.05, 4.69) is 47.0 Å². The number of carbonyl (C=O) groups excluding carboxylic acids is 1. The number of piperidine rings is 1. The van der Waals surface area contributed by atoms with Crippen LogP contribution in [0.15, 0.2) is 42.5 Å². The summed E-state index contributed by atoms with van der Waals surface area (Å²) in [6, 6.07) is 14.8. The summed E-state index contributed by atoms with van der Waals surface area (Å²) in [5.74, 6) is 0.308. The molecule has 2 heterocycles.